The number of fused-ring (bicyclic) bond motifs is 1. The third kappa shape index (κ3) is 3.63. The van der Waals surface area contributed by atoms with Crippen LogP contribution in [0.2, 0.25) is 5.02 Å². The Bertz CT molecular complexity index is 1010. The van der Waals surface area contributed by atoms with Gasteiger partial charge in [-0.1, -0.05) is 18.5 Å². The van der Waals surface area contributed by atoms with Gasteiger partial charge in [0.05, 0.1) is 16.3 Å². The summed E-state index contributed by atoms with van der Waals surface area (Å²) in [6.45, 7) is 3.89. The summed E-state index contributed by atoms with van der Waals surface area (Å²) < 4.78 is 21.4. The standard InChI is InChI=1S/C22H23ClFNO2S/c1-3-18(26)20-11-17-22(28-20)14(7-8-25-17)15-10-13(23)9-12(2)21(15)27-19-6-4-5-16(19)24/h7-11,16,18-19,26H,3-6H2,1-2H3/t16-,18?,19+/m0/s1. The Morgan fingerprint density at radius 2 is 2.14 bits per heavy atom. The van der Waals surface area contributed by atoms with E-state index in [1.54, 1.807) is 6.20 Å². The maximum atomic E-state index is 14.2. The third-order valence-electron chi connectivity index (χ3n) is 5.32. The Kier molecular flexibility index (Phi) is 5.59. The molecule has 1 unspecified atom stereocenters. The molecule has 0 radical (unpaired) electrons. The zero-order valence-electron chi connectivity index (χ0n) is 15.9. The van der Waals surface area contributed by atoms with Crippen LogP contribution >= 0.6 is 22.9 Å². The van der Waals surface area contributed by atoms with Crippen molar-refractivity contribution in [1.29, 1.82) is 0 Å². The number of thiophene rings is 1. The van der Waals surface area contributed by atoms with Crippen molar-refractivity contribution in [2.75, 3.05) is 0 Å². The van der Waals surface area contributed by atoms with E-state index in [9.17, 15) is 9.50 Å². The molecule has 6 heteroatoms. The average Bonchev–Trinajstić information content (AvgIpc) is 3.29. The van der Waals surface area contributed by atoms with Crippen LogP contribution in [0.5, 0.6) is 5.75 Å². The van der Waals surface area contributed by atoms with Crippen LogP contribution in [0.1, 0.15) is 49.2 Å². The lowest BCUT2D eigenvalue weighted by atomic mass is 10.0. The minimum Gasteiger partial charge on any atom is -0.486 e. The first-order valence-electron chi connectivity index (χ1n) is 9.65. The van der Waals surface area contributed by atoms with Crippen LogP contribution in [-0.4, -0.2) is 22.4 Å². The highest BCUT2D eigenvalue weighted by Crippen LogP contribution is 2.43. The normalized spacial score (nSPS) is 20.6. The second-order valence-electron chi connectivity index (χ2n) is 7.35. The van der Waals surface area contributed by atoms with Crippen molar-refractivity contribution in [2.45, 2.75) is 57.9 Å². The highest BCUT2D eigenvalue weighted by molar-refractivity contribution is 7.19. The van der Waals surface area contributed by atoms with Crippen LogP contribution in [0.15, 0.2) is 30.5 Å². The van der Waals surface area contributed by atoms with E-state index >= 15 is 0 Å². The number of rotatable bonds is 5. The van der Waals surface area contributed by atoms with Gasteiger partial charge in [0.15, 0.2) is 0 Å². The Morgan fingerprint density at radius 1 is 1.32 bits per heavy atom. The fourth-order valence-electron chi connectivity index (χ4n) is 3.79. The number of hydrogen-bond donors (Lipinski definition) is 1. The minimum atomic E-state index is -0.937. The van der Waals surface area contributed by atoms with Crippen molar-refractivity contribution < 1.29 is 14.2 Å². The summed E-state index contributed by atoms with van der Waals surface area (Å²) in [6, 6.07) is 7.59. The van der Waals surface area contributed by atoms with E-state index < -0.39 is 18.4 Å². The highest BCUT2D eigenvalue weighted by Gasteiger charge is 2.30. The number of halogens is 2. The summed E-state index contributed by atoms with van der Waals surface area (Å²) in [5.74, 6) is 0.678. The van der Waals surface area contributed by atoms with Crippen LogP contribution in [0, 0.1) is 6.92 Å². The fourth-order valence-corrected chi connectivity index (χ4v) is 5.27. The molecule has 2 aromatic heterocycles. The topological polar surface area (TPSA) is 42.4 Å². The zero-order valence-corrected chi connectivity index (χ0v) is 17.5. The summed E-state index contributed by atoms with van der Waals surface area (Å²) in [5, 5.41) is 10.9. The lowest BCUT2D eigenvalue weighted by molar-refractivity contribution is 0.125. The van der Waals surface area contributed by atoms with Gasteiger partial charge in [0.1, 0.15) is 18.0 Å². The van der Waals surface area contributed by atoms with E-state index in [-0.39, 0.29) is 0 Å². The van der Waals surface area contributed by atoms with E-state index in [1.807, 2.05) is 38.1 Å². The van der Waals surface area contributed by atoms with Gasteiger partial charge in [-0.25, -0.2) is 4.39 Å². The van der Waals surface area contributed by atoms with Gasteiger partial charge in [-0.3, -0.25) is 4.98 Å². The SMILES string of the molecule is CCC(O)c1cc2nccc(-c3cc(Cl)cc(C)c3O[C@@H]3CCC[C@@H]3F)c2s1. The second-order valence-corrected chi connectivity index (χ2v) is 8.87. The Balaban J connectivity index is 1.85. The minimum absolute atomic E-state index is 0.420. The molecule has 1 fully saturated rings. The molecule has 28 heavy (non-hydrogen) atoms. The van der Waals surface area contributed by atoms with Crippen LogP contribution in [-0.2, 0) is 0 Å². The molecule has 148 valence electrons. The number of ether oxygens (including phenoxy) is 1. The molecule has 1 aromatic carbocycles. The van der Waals surface area contributed by atoms with Gasteiger partial charge in [-0.15, -0.1) is 11.3 Å². The molecule has 1 N–H and O–H groups in total. The largest absolute Gasteiger partial charge is 0.486 e. The Hall–Kier alpha value is -1.69. The van der Waals surface area contributed by atoms with E-state index in [1.165, 1.54) is 11.3 Å². The van der Waals surface area contributed by atoms with Gasteiger partial charge in [-0.05, 0) is 62.4 Å². The number of alkyl halides is 1. The van der Waals surface area contributed by atoms with Crippen LogP contribution in [0.25, 0.3) is 21.3 Å². The lowest BCUT2D eigenvalue weighted by Gasteiger charge is -2.21. The predicted molar refractivity (Wildman–Crippen MR) is 113 cm³/mol. The molecule has 4 rings (SSSR count). The van der Waals surface area contributed by atoms with Gasteiger partial charge < -0.3 is 9.84 Å². The number of aliphatic hydroxyl groups excluding tert-OH is 1. The number of nitrogens with zero attached hydrogens (tertiary/aromatic N) is 1. The smallest absolute Gasteiger partial charge is 0.137 e. The molecule has 1 aliphatic rings. The first-order chi connectivity index (χ1) is 13.5. The molecule has 3 aromatic rings. The number of benzene rings is 1. The second kappa shape index (κ2) is 7.97. The molecular formula is C22H23ClFNO2S. The molecular weight excluding hydrogens is 397 g/mol. The van der Waals surface area contributed by atoms with Crippen molar-refractivity contribution in [2.24, 2.45) is 0 Å². The lowest BCUT2D eigenvalue weighted by Crippen LogP contribution is -2.23. The summed E-state index contributed by atoms with van der Waals surface area (Å²) in [6.07, 6.45) is 2.65. The third-order valence-corrected chi connectivity index (χ3v) is 6.79. The molecule has 3 atom stereocenters. The summed E-state index contributed by atoms with van der Waals surface area (Å²) >= 11 is 7.89. The Morgan fingerprint density at radius 3 is 2.86 bits per heavy atom. The number of aliphatic hydroxyl groups is 1. The Labute approximate surface area is 173 Å². The summed E-state index contributed by atoms with van der Waals surface area (Å²) in [7, 11) is 0. The van der Waals surface area contributed by atoms with Gasteiger partial charge in [0.25, 0.3) is 0 Å². The van der Waals surface area contributed by atoms with Crippen molar-refractivity contribution in [3.63, 3.8) is 0 Å². The van der Waals surface area contributed by atoms with E-state index in [0.29, 0.717) is 23.6 Å². The first kappa shape index (κ1) is 19.6. The van der Waals surface area contributed by atoms with Crippen LogP contribution < -0.4 is 4.74 Å². The fraction of sp³-hybridized carbons (Fsp3) is 0.409. The van der Waals surface area contributed by atoms with E-state index in [2.05, 4.69) is 4.98 Å². The molecule has 0 aliphatic heterocycles. The van der Waals surface area contributed by atoms with Gasteiger partial charge in [0, 0.05) is 27.2 Å². The van der Waals surface area contributed by atoms with Crippen LogP contribution in [0.3, 0.4) is 0 Å². The molecule has 0 bridgehead atoms. The van der Waals surface area contributed by atoms with Crippen molar-refractivity contribution >= 4 is 33.2 Å². The highest BCUT2D eigenvalue weighted by atomic mass is 35.5. The first-order valence-corrected chi connectivity index (χ1v) is 10.8. The summed E-state index contributed by atoms with van der Waals surface area (Å²) in [5.41, 5.74) is 3.50. The molecule has 3 nitrogen and oxygen atoms in total. The molecule has 0 spiro atoms. The molecule has 2 heterocycles. The quantitative estimate of drug-likeness (QED) is 0.504. The summed E-state index contributed by atoms with van der Waals surface area (Å²) in [4.78, 5) is 5.35. The molecule has 1 aliphatic carbocycles. The number of hydrogen-bond acceptors (Lipinski definition) is 4. The van der Waals surface area contributed by atoms with E-state index in [0.717, 1.165) is 44.6 Å². The van der Waals surface area contributed by atoms with Crippen LogP contribution in [0.4, 0.5) is 4.39 Å². The maximum absolute atomic E-state index is 14.2. The molecule has 1 saturated carbocycles. The van der Waals surface area contributed by atoms with Gasteiger partial charge in [-0.2, -0.15) is 0 Å². The molecule has 0 saturated heterocycles. The maximum Gasteiger partial charge on any atom is 0.137 e. The number of aryl methyl sites for hydroxylation is 1. The number of aromatic nitrogens is 1. The zero-order chi connectivity index (χ0) is 19.8. The van der Waals surface area contributed by atoms with Gasteiger partial charge in [0.2, 0.25) is 0 Å². The van der Waals surface area contributed by atoms with E-state index in [4.69, 9.17) is 16.3 Å². The predicted octanol–water partition coefficient (Wildman–Crippen LogP) is 6.64. The van der Waals surface area contributed by atoms with Crippen molar-refractivity contribution in [3.8, 4) is 16.9 Å². The molecule has 0 amide bonds. The van der Waals surface area contributed by atoms with Crippen molar-refractivity contribution in [3.05, 3.63) is 45.9 Å². The monoisotopic (exact) mass is 419 g/mol. The van der Waals surface area contributed by atoms with Gasteiger partial charge >= 0.3 is 0 Å². The average molecular weight is 420 g/mol. The van der Waals surface area contributed by atoms with Crippen molar-refractivity contribution in [1.82, 2.24) is 4.98 Å². The number of pyridine rings is 1.